The first-order chi connectivity index (χ1) is 24.0. The SMILES string of the molecule is COc1cc(N=Nc2ccc(C(C#N)C(C#N)c3nc4ccccc4c(=O)[nH]3)cc2)c(NC(C)=O)cc1N(CCOC(C)=O)CCOC(C)=O. The second-order valence-electron chi connectivity index (χ2n) is 10.9. The number of esters is 2. The summed E-state index contributed by atoms with van der Waals surface area (Å²) in [4.78, 5) is 56.4. The maximum atomic E-state index is 12.6. The second kappa shape index (κ2) is 17.0. The number of ether oxygens (including phenoxy) is 3. The summed E-state index contributed by atoms with van der Waals surface area (Å²) in [5, 5.41) is 31.8. The highest BCUT2D eigenvalue weighted by Gasteiger charge is 2.28. The number of nitriles is 2. The molecule has 2 N–H and O–H groups in total. The molecule has 0 saturated heterocycles. The highest BCUT2D eigenvalue weighted by atomic mass is 16.5. The third-order valence-electron chi connectivity index (χ3n) is 7.34. The number of aromatic nitrogens is 2. The number of aromatic amines is 1. The molecule has 1 heterocycles. The van der Waals surface area contributed by atoms with Crippen LogP contribution in [0.15, 0.2) is 75.7 Å². The van der Waals surface area contributed by atoms with Gasteiger partial charge in [-0.05, 0) is 35.9 Å². The maximum absolute atomic E-state index is 12.6. The van der Waals surface area contributed by atoms with Crippen LogP contribution in [0.4, 0.5) is 22.7 Å². The van der Waals surface area contributed by atoms with Gasteiger partial charge in [-0.1, -0.05) is 24.3 Å². The van der Waals surface area contributed by atoms with Crippen LogP contribution in [0.2, 0.25) is 0 Å². The molecular weight excluding hydrogens is 644 g/mol. The zero-order valence-electron chi connectivity index (χ0n) is 27.8. The number of carbonyl (C=O) groups excluding carboxylic acids is 3. The zero-order chi connectivity index (χ0) is 36.2. The van der Waals surface area contributed by atoms with Crippen LogP contribution in [-0.2, 0) is 23.9 Å². The van der Waals surface area contributed by atoms with Gasteiger partial charge in [0.2, 0.25) is 5.91 Å². The highest BCUT2D eigenvalue weighted by Crippen LogP contribution is 2.40. The Hall–Kier alpha value is -6.61. The fourth-order valence-electron chi connectivity index (χ4n) is 5.04. The first-order valence-corrected chi connectivity index (χ1v) is 15.4. The van der Waals surface area contributed by atoms with E-state index in [-0.39, 0.29) is 43.7 Å². The molecule has 50 heavy (non-hydrogen) atoms. The average Bonchev–Trinajstić information content (AvgIpc) is 3.09. The Kier molecular flexibility index (Phi) is 12.3. The van der Waals surface area contributed by atoms with E-state index in [1.807, 2.05) is 0 Å². The lowest BCUT2D eigenvalue weighted by Crippen LogP contribution is -2.32. The van der Waals surface area contributed by atoms with Crippen molar-refractivity contribution in [1.29, 1.82) is 10.5 Å². The minimum absolute atomic E-state index is 0.0456. The van der Waals surface area contributed by atoms with Crippen LogP contribution >= 0.6 is 0 Å². The number of amides is 1. The third kappa shape index (κ3) is 9.26. The Morgan fingerprint density at radius 1 is 0.920 bits per heavy atom. The summed E-state index contributed by atoms with van der Waals surface area (Å²) in [6.45, 7) is 4.48. The van der Waals surface area contributed by atoms with Crippen LogP contribution in [0.1, 0.15) is 44.0 Å². The molecule has 4 aromatic rings. The molecule has 0 saturated carbocycles. The number of hydrogen-bond donors (Lipinski definition) is 2. The van der Waals surface area contributed by atoms with Crippen molar-refractivity contribution in [2.45, 2.75) is 32.6 Å². The van der Waals surface area contributed by atoms with Crippen molar-refractivity contribution in [2.24, 2.45) is 10.2 Å². The molecule has 0 fully saturated rings. The number of carbonyl (C=O) groups is 3. The summed E-state index contributed by atoms with van der Waals surface area (Å²) in [5.41, 5.74) is 1.99. The summed E-state index contributed by atoms with van der Waals surface area (Å²) in [7, 11) is 1.45. The predicted octanol–water partition coefficient (Wildman–Crippen LogP) is 5.15. The first kappa shape index (κ1) is 36.2. The van der Waals surface area contributed by atoms with Gasteiger partial charge < -0.3 is 29.4 Å². The number of para-hydroxylation sites is 1. The minimum atomic E-state index is -1.06. The van der Waals surface area contributed by atoms with E-state index in [4.69, 9.17) is 14.2 Å². The topological polar surface area (TPSA) is 212 Å². The number of methoxy groups -OCH3 is 1. The van der Waals surface area contributed by atoms with Crippen molar-refractivity contribution < 1.29 is 28.6 Å². The van der Waals surface area contributed by atoms with Gasteiger partial charge in [0.05, 0.1) is 66.2 Å². The van der Waals surface area contributed by atoms with Gasteiger partial charge in [0.1, 0.15) is 36.4 Å². The smallest absolute Gasteiger partial charge is 0.302 e. The van der Waals surface area contributed by atoms with Crippen molar-refractivity contribution in [3.63, 3.8) is 0 Å². The Labute approximate surface area is 287 Å². The van der Waals surface area contributed by atoms with E-state index < -0.39 is 29.3 Å². The largest absolute Gasteiger partial charge is 0.494 e. The molecule has 2 unspecified atom stereocenters. The molecule has 1 aromatic heterocycles. The van der Waals surface area contributed by atoms with Gasteiger partial charge in [0, 0.05) is 26.8 Å². The summed E-state index contributed by atoms with van der Waals surface area (Å²) >= 11 is 0. The first-order valence-electron chi connectivity index (χ1n) is 15.4. The van der Waals surface area contributed by atoms with E-state index in [0.29, 0.717) is 39.3 Å². The van der Waals surface area contributed by atoms with Crippen molar-refractivity contribution in [2.75, 3.05) is 43.6 Å². The maximum Gasteiger partial charge on any atom is 0.302 e. The van der Waals surface area contributed by atoms with Crippen molar-refractivity contribution in [3.8, 4) is 17.9 Å². The van der Waals surface area contributed by atoms with Crippen LogP contribution in [-0.4, -0.2) is 61.2 Å². The summed E-state index contributed by atoms with van der Waals surface area (Å²) in [6, 6.07) is 20.7. The van der Waals surface area contributed by atoms with E-state index in [1.54, 1.807) is 65.6 Å². The molecule has 0 aliphatic carbocycles. The summed E-state index contributed by atoms with van der Waals surface area (Å²) in [6.07, 6.45) is 0. The van der Waals surface area contributed by atoms with Gasteiger partial charge in [-0.15, -0.1) is 5.11 Å². The molecule has 256 valence electrons. The number of anilines is 2. The quantitative estimate of drug-likeness (QED) is 0.131. The Morgan fingerprint density at radius 3 is 2.14 bits per heavy atom. The van der Waals surface area contributed by atoms with Gasteiger partial charge in [0.15, 0.2) is 0 Å². The third-order valence-corrected chi connectivity index (χ3v) is 7.34. The summed E-state index contributed by atoms with van der Waals surface area (Å²) < 4.78 is 15.9. The molecule has 0 radical (unpaired) electrons. The minimum Gasteiger partial charge on any atom is -0.494 e. The van der Waals surface area contributed by atoms with E-state index >= 15 is 0 Å². The monoisotopic (exact) mass is 678 g/mol. The molecule has 15 heteroatoms. The predicted molar refractivity (Wildman–Crippen MR) is 182 cm³/mol. The lowest BCUT2D eigenvalue weighted by atomic mass is 9.87. The number of H-pyrrole nitrogens is 1. The Bertz CT molecular complexity index is 2030. The van der Waals surface area contributed by atoms with Gasteiger partial charge in [-0.2, -0.15) is 15.6 Å². The normalized spacial score (nSPS) is 12.0. The van der Waals surface area contributed by atoms with Crippen molar-refractivity contribution >= 4 is 51.5 Å². The number of nitrogens with one attached hydrogen (secondary N) is 2. The zero-order valence-corrected chi connectivity index (χ0v) is 27.8. The molecule has 3 aromatic carbocycles. The van der Waals surface area contributed by atoms with Crippen LogP contribution < -0.4 is 20.5 Å². The standard InChI is InChI=1S/C35H34N8O7/c1-21(44)38-30-17-32(43(13-15-49-22(2)45)14-16-50-23(3)46)33(48-4)18-31(30)42-41-25-11-9-24(10-12-25)27(19-36)28(20-37)34-39-29-8-6-5-7-26(29)35(47)40-34/h5-12,17-18,27-28H,13-16H2,1-4H3,(H,38,44)(H,39,40,47). The van der Waals surface area contributed by atoms with Crippen molar-refractivity contribution in [3.05, 3.63) is 82.4 Å². The van der Waals surface area contributed by atoms with Gasteiger partial charge >= 0.3 is 11.9 Å². The molecule has 15 nitrogen and oxygen atoms in total. The molecule has 0 spiro atoms. The van der Waals surface area contributed by atoms with E-state index in [0.717, 1.165) is 0 Å². The highest BCUT2D eigenvalue weighted by molar-refractivity contribution is 5.94. The summed E-state index contributed by atoms with van der Waals surface area (Å²) in [5.74, 6) is -2.84. The molecule has 0 aliphatic heterocycles. The van der Waals surface area contributed by atoms with Gasteiger partial charge in [-0.25, -0.2) is 4.98 Å². The number of azo groups is 1. The van der Waals surface area contributed by atoms with Crippen molar-refractivity contribution in [1.82, 2.24) is 9.97 Å². The Morgan fingerprint density at radius 2 is 1.56 bits per heavy atom. The van der Waals surface area contributed by atoms with Gasteiger partial charge in [-0.3, -0.25) is 19.2 Å². The number of hydrogen-bond acceptors (Lipinski definition) is 13. The van der Waals surface area contributed by atoms with Gasteiger partial charge in [0.25, 0.3) is 5.56 Å². The van der Waals surface area contributed by atoms with Crippen LogP contribution in [0.3, 0.4) is 0 Å². The lowest BCUT2D eigenvalue weighted by Gasteiger charge is -2.27. The van der Waals surface area contributed by atoms with Crippen LogP contribution in [0, 0.1) is 22.7 Å². The average molecular weight is 679 g/mol. The molecular formula is C35H34N8O7. The van der Waals surface area contributed by atoms with E-state index in [1.165, 1.54) is 27.9 Å². The molecule has 2 atom stereocenters. The Balaban J connectivity index is 1.63. The van der Waals surface area contributed by atoms with E-state index in [9.17, 15) is 29.7 Å². The number of nitrogens with zero attached hydrogens (tertiary/aromatic N) is 6. The number of benzene rings is 3. The fourth-order valence-corrected chi connectivity index (χ4v) is 5.04. The second-order valence-corrected chi connectivity index (χ2v) is 10.9. The lowest BCUT2D eigenvalue weighted by molar-refractivity contribution is -0.141. The van der Waals surface area contributed by atoms with E-state index in [2.05, 4.69) is 37.7 Å². The number of fused-ring (bicyclic) bond motifs is 1. The van der Waals surface area contributed by atoms with Crippen LogP contribution in [0.5, 0.6) is 5.75 Å². The fraction of sp³-hybridized carbons (Fsp3) is 0.286. The molecule has 1 amide bonds. The van der Waals surface area contributed by atoms with Crippen LogP contribution in [0.25, 0.3) is 10.9 Å². The number of rotatable bonds is 14. The molecule has 0 bridgehead atoms. The molecule has 0 aliphatic rings. The molecule has 4 rings (SSSR count).